The van der Waals surface area contributed by atoms with Crippen molar-refractivity contribution < 1.29 is 14.6 Å². The molecule has 1 aliphatic heterocycles. The van der Waals surface area contributed by atoms with Crippen LogP contribution in [-0.4, -0.2) is 33.4 Å². The number of hydrogen-bond donors (Lipinski definition) is 3. The Morgan fingerprint density at radius 3 is 1.85 bits per heavy atom. The van der Waals surface area contributed by atoms with Gasteiger partial charge in [-0.3, -0.25) is 4.78 Å². The summed E-state index contributed by atoms with van der Waals surface area (Å²) in [7, 11) is -1.17. The number of rotatable bonds is 9. The summed E-state index contributed by atoms with van der Waals surface area (Å²) in [5.41, 5.74) is 2.26. The zero-order chi connectivity index (χ0) is 24.0. The monoisotopic (exact) mass is 585 g/mol. The summed E-state index contributed by atoms with van der Waals surface area (Å²) in [5.74, 6) is -1.10. The topological polar surface area (TPSA) is 94.8 Å². The van der Waals surface area contributed by atoms with Crippen molar-refractivity contribution in [2.45, 2.75) is 11.6 Å². The fourth-order valence-electron chi connectivity index (χ4n) is 3.94. The minimum Gasteiger partial charge on any atom is -0.479 e. The van der Waals surface area contributed by atoms with E-state index in [1.807, 2.05) is 91.0 Å². The molecule has 1 aliphatic rings. The fourth-order valence-corrected chi connectivity index (χ4v) is 5.20. The van der Waals surface area contributed by atoms with Gasteiger partial charge in [-0.05, 0) is 27.4 Å². The number of halogens is 1. The van der Waals surface area contributed by atoms with Crippen LogP contribution in [0, 0.1) is 4.78 Å². The third kappa shape index (κ3) is 4.98. The van der Waals surface area contributed by atoms with Gasteiger partial charge < -0.3 is 15.2 Å². The van der Waals surface area contributed by atoms with E-state index in [1.165, 1.54) is 0 Å². The number of nitrogens with zero attached hydrogens (tertiary/aromatic N) is 1. The van der Waals surface area contributed by atoms with E-state index in [4.69, 9.17) is 14.5 Å². The summed E-state index contributed by atoms with van der Waals surface area (Å²) in [6.45, 7) is 0.302. The molecule has 3 aromatic rings. The van der Waals surface area contributed by atoms with Crippen LogP contribution < -0.4 is 5.32 Å². The van der Waals surface area contributed by atoms with Crippen molar-refractivity contribution in [3.63, 3.8) is 0 Å². The van der Waals surface area contributed by atoms with Gasteiger partial charge in [-0.1, -0.05) is 114 Å². The Hall–Kier alpha value is -2.82. The number of nitrogens with one attached hydrogen (secondary N) is 2. The van der Waals surface area contributed by atoms with Crippen molar-refractivity contribution in [1.29, 1.82) is 4.78 Å². The Morgan fingerprint density at radius 2 is 1.44 bits per heavy atom. The molecule has 8 heteroatoms. The molecule has 3 aromatic carbocycles. The second-order valence-electron chi connectivity index (χ2n) is 7.54. The molecule has 0 amide bonds. The zero-order valence-corrected chi connectivity index (χ0v) is 21.2. The lowest BCUT2D eigenvalue weighted by Crippen LogP contribution is -2.36. The smallest absolute Gasteiger partial charge is 0.339 e. The van der Waals surface area contributed by atoms with E-state index in [0.717, 1.165) is 16.7 Å². The van der Waals surface area contributed by atoms with Gasteiger partial charge in [-0.25, -0.2) is 9.79 Å². The molecule has 0 aromatic heterocycles. The SMILES string of the molecule is N=S1C=C(C(OCCI)C(=O)O)NC1=NC(c1ccccc1)(c1ccccc1)c1ccccc1. The number of benzene rings is 3. The third-order valence-corrected chi connectivity index (χ3v) is 6.96. The van der Waals surface area contributed by atoms with E-state index in [-0.39, 0.29) is 0 Å². The van der Waals surface area contributed by atoms with Crippen LogP contribution in [-0.2, 0) is 25.8 Å². The highest BCUT2D eigenvalue weighted by Gasteiger charge is 2.38. The van der Waals surface area contributed by atoms with Crippen molar-refractivity contribution in [3.05, 3.63) is 119 Å². The van der Waals surface area contributed by atoms with Gasteiger partial charge in [-0.15, -0.1) is 0 Å². The number of alkyl halides is 1. The van der Waals surface area contributed by atoms with Crippen molar-refractivity contribution in [3.8, 4) is 0 Å². The average Bonchev–Trinajstić information content (AvgIpc) is 3.23. The molecule has 174 valence electrons. The summed E-state index contributed by atoms with van der Waals surface area (Å²) in [5, 5.41) is 14.8. The molecule has 34 heavy (non-hydrogen) atoms. The predicted octanol–water partition coefficient (Wildman–Crippen LogP) is 5.06. The second-order valence-corrected chi connectivity index (χ2v) is 9.92. The number of carboxylic acid groups (broad SMARTS) is 1. The Kier molecular flexibility index (Phi) is 7.91. The number of hydrogen-bond acceptors (Lipinski definition) is 4. The Bertz CT molecular complexity index is 1120. The molecule has 0 bridgehead atoms. The van der Waals surface area contributed by atoms with Crippen LogP contribution >= 0.6 is 22.6 Å². The lowest BCUT2D eigenvalue weighted by atomic mass is 9.77. The maximum Gasteiger partial charge on any atom is 0.339 e. The first-order valence-corrected chi connectivity index (χ1v) is 13.5. The number of carbonyl (C=O) groups is 1. The van der Waals surface area contributed by atoms with Gasteiger partial charge in [-0.2, -0.15) is 0 Å². The normalized spacial score (nSPS) is 17.7. The molecule has 3 N–H and O–H groups in total. The Balaban J connectivity index is 1.88. The van der Waals surface area contributed by atoms with E-state index >= 15 is 0 Å². The summed E-state index contributed by atoms with van der Waals surface area (Å²) < 4.78 is 14.9. The van der Waals surface area contributed by atoms with Crippen LogP contribution in [0.15, 0.2) is 107 Å². The summed E-state index contributed by atoms with van der Waals surface area (Å²) in [6, 6.07) is 29.9. The minimum atomic E-state index is -1.17. The van der Waals surface area contributed by atoms with E-state index < -0.39 is 28.3 Å². The van der Waals surface area contributed by atoms with Crippen molar-refractivity contribution >= 4 is 44.4 Å². The molecule has 6 nitrogen and oxygen atoms in total. The number of aliphatic imine (C=N–C) groups is 1. The van der Waals surface area contributed by atoms with Crippen LogP contribution in [0.25, 0.3) is 0 Å². The van der Waals surface area contributed by atoms with Crippen molar-refractivity contribution in [2.75, 3.05) is 11.0 Å². The summed E-state index contributed by atoms with van der Waals surface area (Å²) in [6.07, 6.45) is -1.16. The lowest BCUT2D eigenvalue weighted by Gasteiger charge is -2.32. The number of amidine groups is 1. The quantitative estimate of drug-likeness (QED) is 0.186. The molecular formula is C26H24IN3O3S. The maximum absolute atomic E-state index is 11.8. The molecule has 0 fully saturated rings. The molecule has 0 saturated carbocycles. The fraction of sp³-hybridized carbons (Fsp3) is 0.154. The van der Waals surface area contributed by atoms with E-state index in [9.17, 15) is 9.90 Å². The van der Waals surface area contributed by atoms with Crippen LogP contribution in [0.1, 0.15) is 16.7 Å². The van der Waals surface area contributed by atoms with Crippen LogP contribution in [0.4, 0.5) is 0 Å². The largest absolute Gasteiger partial charge is 0.479 e. The van der Waals surface area contributed by atoms with E-state index in [1.54, 1.807) is 5.41 Å². The summed E-state index contributed by atoms with van der Waals surface area (Å²) in [4.78, 5) is 17.0. The number of aliphatic carboxylic acids is 1. The van der Waals surface area contributed by atoms with Crippen LogP contribution in [0.2, 0.25) is 0 Å². The molecular weight excluding hydrogens is 561 g/mol. The van der Waals surface area contributed by atoms with Crippen molar-refractivity contribution in [1.82, 2.24) is 5.32 Å². The first-order valence-electron chi connectivity index (χ1n) is 10.7. The highest BCUT2D eigenvalue weighted by atomic mass is 127. The van der Waals surface area contributed by atoms with E-state index in [2.05, 4.69) is 27.9 Å². The number of carboxylic acids is 1. The standard InChI is InChI=1S/C26H24IN3O3S/c27-16-17-33-23(24(31)32)22-18-34(28)25(29-22)30-26(19-10-4-1-5-11-19,20-12-6-2-7-13-20)21-14-8-3-9-15-21/h1-15,18,23,28H,16-17H2,(H,29,30)(H,31,32). The van der Waals surface area contributed by atoms with E-state index in [0.29, 0.717) is 21.9 Å². The molecule has 0 saturated heterocycles. The van der Waals surface area contributed by atoms with Crippen LogP contribution in [0.5, 0.6) is 0 Å². The Labute approximate surface area is 214 Å². The highest BCUT2D eigenvalue weighted by Crippen LogP contribution is 2.41. The van der Waals surface area contributed by atoms with Gasteiger partial charge >= 0.3 is 5.97 Å². The summed E-state index contributed by atoms with van der Waals surface area (Å²) >= 11 is 2.14. The minimum absolute atomic E-state index is 0.302. The van der Waals surface area contributed by atoms with Gasteiger partial charge in [0.05, 0.1) is 12.3 Å². The third-order valence-electron chi connectivity index (χ3n) is 5.42. The molecule has 4 rings (SSSR count). The van der Waals surface area contributed by atoms with Gasteiger partial charge in [0.1, 0.15) is 5.54 Å². The van der Waals surface area contributed by atoms with Gasteiger partial charge in [0.15, 0.2) is 11.3 Å². The predicted molar refractivity (Wildman–Crippen MR) is 144 cm³/mol. The van der Waals surface area contributed by atoms with Gasteiger partial charge in [0, 0.05) is 9.84 Å². The molecule has 2 atom stereocenters. The molecule has 2 unspecified atom stereocenters. The molecule has 0 spiro atoms. The van der Waals surface area contributed by atoms with Crippen LogP contribution in [0.3, 0.4) is 0 Å². The first-order chi connectivity index (χ1) is 16.6. The molecule has 0 aliphatic carbocycles. The lowest BCUT2D eigenvalue weighted by molar-refractivity contribution is -0.147. The highest BCUT2D eigenvalue weighted by molar-refractivity contribution is 14.1. The number of ether oxygens (including phenoxy) is 1. The molecule has 0 radical (unpaired) electrons. The zero-order valence-electron chi connectivity index (χ0n) is 18.2. The Morgan fingerprint density at radius 1 is 0.971 bits per heavy atom. The average molecular weight is 585 g/mol. The second kappa shape index (κ2) is 11.1. The first kappa shape index (κ1) is 24.3. The van der Waals surface area contributed by atoms with Crippen molar-refractivity contribution in [2.24, 2.45) is 4.99 Å². The molecule has 1 heterocycles. The maximum atomic E-state index is 11.8. The van der Waals surface area contributed by atoms with Gasteiger partial charge in [0.25, 0.3) is 0 Å². The van der Waals surface area contributed by atoms with Gasteiger partial charge in [0.2, 0.25) is 0 Å².